The van der Waals surface area contributed by atoms with Gasteiger partial charge in [-0.25, -0.2) is 8.78 Å². The molecule has 0 spiro atoms. The largest absolute Gasteiger partial charge is 0.342 e. The summed E-state index contributed by atoms with van der Waals surface area (Å²) in [6, 6.07) is 3.70. The molecule has 5 aliphatic rings. The number of carbonyl (C=O) groups is 1. The van der Waals surface area contributed by atoms with Gasteiger partial charge in [0, 0.05) is 36.1 Å². The van der Waals surface area contributed by atoms with Gasteiger partial charge in [-0.1, -0.05) is 0 Å². The lowest BCUT2D eigenvalue weighted by atomic mass is 9.49. The van der Waals surface area contributed by atoms with Gasteiger partial charge in [-0.15, -0.1) is 0 Å². The Bertz CT molecular complexity index is 732. The second-order valence-electron chi connectivity index (χ2n) is 9.79. The SMILES string of the molecule is O=C(CC12CC3CC(CC(C3)C1)C2)N1CCSC(c2cc(F)ccc2F)CC1. The van der Waals surface area contributed by atoms with Crippen molar-refractivity contribution >= 4 is 17.7 Å². The Morgan fingerprint density at radius 3 is 2.43 bits per heavy atom. The van der Waals surface area contributed by atoms with Crippen LogP contribution in [0.25, 0.3) is 0 Å². The van der Waals surface area contributed by atoms with Gasteiger partial charge in [-0.05, 0) is 86.3 Å². The molecule has 6 rings (SSSR count). The molecule has 1 unspecified atom stereocenters. The molecule has 1 saturated heterocycles. The van der Waals surface area contributed by atoms with Gasteiger partial charge in [-0.2, -0.15) is 11.8 Å². The molecule has 1 heterocycles. The van der Waals surface area contributed by atoms with Gasteiger partial charge in [0.2, 0.25) is 5.91 Å². The maximum absolute atomic E-state index is 14.2. The Morgan fingerprint density at radius 2 is 1.75 bits per heavy atom. The fourth-order valence-electron chi connectivity index (χ4n) is 6.97. The third-order valence-corrected chi connectivity index (χ3v) is 9.00. The smallest absolute Gasteiger partial charge is 0.223 e. The Balaban J connectivity index is 1.24. The van der Waals surface area contributed by atoms with Crippen molar-refractivity contribution in [2.75, 3.05) is 18.8 Å². The molecule has 4 aliphatic carbocycles. The summed E-state index contributed by atoms with van der Waals surface area (Å²) in [5.74, 6) is 2.93. The van der Waals surface area contributed by atoms with Gasteiger partial charge in [0.05, 0.1) is 0 Å². The number of benzene rings is 1. The molecule has 4 saturated carbocycles. The van der Waals surface area contributed by atoms with Crippen LogP contribution in [-0.2, 0) is 4.79 Å². The van der Waals surface area contributed by atoms with Crippen molar-refractivity contribution in [1.82, 2.24) is 4.90 Å². The molecule has 0 radical (unpaired) electrons. The van der Waals surface area contributed by atoms with Crippen molar-refractivity contribution in [2.45, 2.75) is 56.6 Å². The van der Waals surface area contributed by atoms with Crippen molar-refractivity contribution < 1.29 is 13.6 Å². The first-order chi connectivity index (χ1) is 13.5. The van der Waals surface area contributed by atoms with Gasteiger partial charge in [0.1, 0.15) is 11.6 Å². The highest BCUT2D eigenvalue weighted by Crippen LogP contribution is 2.61. The van der Waals surface area contributed by atoms with Gasteiger partial charge in [0.15, 0.2) is 0 Å². The van der Waals surface area contributed by atoms with Crippen LogP contribution in [0.2, 0.25) is 0 Å². The minimum absolute atomic E-state index is 0.0759. The molecule has 0 aromatic heterocycles. The van der Waals surface area contributed by atoms with Crippen molar-refractivity contribution in [2.24, 2.45) is 23.2 Å². The molecule has 1 atom stereocenters. The number of thioether (sulfide) groups is 1. The fourth-order valence-corrected chi connectivity index (χ4v) is 8.21. The summed E-state index contributed by atoms with van der Waals surface area (Å²) >= 11 is 1.65. The summed E-state index contributed by atoms with van der Waals surface area (Å²) in [6.45, 7) is 1.38. The Kier molecular flexibility index (Phi) is 4.93. The molecule has 2 nitrogen and oxygen atoms in total. The average Bonchev–Trinajstić information content (AvgIpc) is 2.88. The Morgan fingerprint density at radius 1 is 1.07 bits per heavy atom. The summed E-state index contributed by atoms with van der Waals surface area (Å²) in [5, 5.41) is -0.0759. The zero-order valence-electron chi connectivity index (χ0n) is 16.3. The first-order valence-corrected chi connectivity index (χ1v) is 11.9. The molecular formula is C23H29F2NOS. The highest BCUT2D eigenvalue weighted by atomic mass is 32.2. The third kappa shape index (κ3) is 3.59. The van der Waals surface area contributed by atoms with E-state index in [0.29, 0.717) is 30.9 Å². The lowest BCUT2D eigenvalue weighted by molar-refractivity contribution is -0.139. The molecule has 1 aromatic rings. The molecule has 4 bridgehead atoms. The molecular weight excluding hydrogens is 376 g/mol. The van der Waals surface area contributed by atoms with Crippen LogP contribution in [0.15, 0.2) is 18.2 Å². The highest BCUT2D eigenvalue weighted by Gasteiger charge is 2.51. The van der Waals surface area contributed by atoms with Crippen LogP contribution in [-0.4, -0.2) is 29.6 Å². The summed E-state index contributed by atoms with van der Waals surface area (Å²) in [6.07, 6.45) is 9.36. The summed E-state index contributed by atoms with van der Waals surface area (Å²) in [5.41, 5.74) is 0.708. The van der Waals surface area contributed by atoms with Crippen molar-refractivity contribution in [3.05, 3.63) is 35.4 Å². The van der Waals surface area contributed by atoms with E-state index in [1.807, 2.05) is 4.90 Å². The summed E-state index contributed by atoms with van der Waals surface area (Å²) in [7, 11) is 0. The van der Waals surface area contributed by atoms with Crippen LogP contribution >= 0.6 is 11.8 Å². The Labute approximate surface area is 170 Å². The van der Waals surface area contributed by atoms with E-state index < -0.39 is 5.82 Å². The van der Waals surface area contributed by atoms with Crippen molar-refractivity contribution in [1.29, 1.82) is 0 Å². The van der Waals surface area contributed by atoms with Gasteiger partial charge in [-0.3, -0.25) is 4.79 Å². The first-order valence-electron chi connectivity index (χ1n) is 10.8. The number of rotatable bonds is 3. The van der Waals surface area contributed by atoms with Crippen LogP contribution < -0.4 is 0 Å². The van der Waals surface area contributed by atoms with Gasteiger partial charge < -0.3 is 4.90 Å². The predicted octanol–water partition coefficient (Wildman–Crippen LogP) is 5.58. The quantitative estimate of drug-likeness (QED) is 0.654. The number of hydrogen-bond acceptors (Lipinski definition) is 2. The van der Waals surface area contributed by atoms with E-state index in [1.165, 1.54) is 56.7 Å². The van der Waals surface area contributed by atoms with Crippen LogP contribution in [0.3, 0.4) is 0 Å². The van der Waals surface area contributed by atoms with E-state index in [4.69, 9.17) is 0 Å². The normalized spacial score (nSPS) is 37.1. The molecule has 5 heteroatoms. The molecule has 152 valence electrons. The summed E-state index contributed by atoms with van der Waals surface area (Å²) in [4.78, 5) is 15.2. The molecule has 1 amide bonds. The van der Waals surface area contributed by atoms with Gasteiger partial charge >= 0.3 is 0 Å². The lowest BCUT2D eigenvalue weighted by Gasteiger charge is -2.57. The average molecular weight is 406 g/mol. The topological polar surface area (TPSA) is 20.3 Å². The number of carbonyl (C=O) groups excluding carboxylic acids is 1. The summed E-state index contributed by atoms with van der Waals surface area (Å²) < 4.78 is 27.8. The molecule has 1 aromatic carbocycles. The predicted molar refractivity (Wildman–Crippen MR) is 108 cm³/mol. The monoisotopic (exact) mass is 405 g/mol. The third-order valence-electron chi connectivity index (χ3n) is 7.69. The van der Waals surface area contributed by atoms with E-state index >= 15 is 0 Å². The maximum Gasteiger partial charge on any atom is 0.223 e. The van der Waals surface area contributed by atoms with Crippen LogP contribution in [0, 0.1) is 34.8 Å². The standard InChI is InChI=1S/C23H29F2NOS/c24-18-1-2-20(25)19(10-18)21-3-4-26(5-6-28-21)22(27)14-23-11-15-7-16(12-23)9-17(8-15)13-23/h1-2,10,15-17,21H,3-9,11-14H2. The first kappa shape index (κ1) is 18.9. The van der Waals surface area contributed by atoms with E-state index in [2.05, 4.69) is 0 Å². The zero-order valence-corrected chi connectivity index (χ0v) is 17.2. The molecule has 28 heavy (non-hydrogen) atoms. The van der Waals surface area contributed by atoms with Crippen LogP contribution in [0.4, 0.5) is 8.78 Å². The number of nitrogens with zero attached hydrogens (tertiary/aromatic N) is 1. The maximum atomic E-state index is 14.2. The second-order valence-corrected chi connectivity index (χ2v) is 11.1. The van der Waals surface area contributed by atoms with E-state index in [-0.39, 0.29) is 16.5 Å². The van der Waals surface area contributed by atoms with E-state index in [0.717, 1.165) is 30.1 Å². The van der Waals surface area contributed by atoms with Gasteiger partial charge in [0.25, 0.3) is 0 Å². The molecule has 5 fully saturated rings. The number of hydrogen-bond donors (Lipinski definition) is 0. The highest BCUT2D eigenvalue weighted by molar-refractivity contribution is 7.99. The molecule has 0 N–H and O–H groups in total. The van der Waals surface area contributed by atoms with Crippen LogP contribution in [0.1, 0.15) is 62.2 Å². The fraction of sp³-hybridized carbons (Fsp3) is 0.696. The van der Waals surface area contributed by atoms with Crippen LogP contribution in [0.5, 0.6) is 0 Å². The molecule has 1 aliphatic heterocycles. The minimum Gasteiger partial charge on any atom is -0.342 e. The van der Waals surface area contributed by atoms with Crippen molar-refractivity contribution in [3.8, 4) is 0 Å². The van der Waals surface area contributed by atoms with E-state index in [9.17, 15) is 13.6 Å². The zero-order chi connectivity index (χ0) is 19.3. The number of halogens is 2. The number of amides is 1. The second kappa shape index (κ2) is 7.30. The van der Waals surface area contributed by atoms with Crippen molar-refractivity contribution in [3.63, 3.8) is 0 Å². The Hall–Kier alpha value is -1.10. The van der Waals surface area contributed by atoms with E-state index in [1.54, 1.807) is 11.8 Å². The minimum atomic E-state index is -0.393. The lowest BCUT2D eigenvalue weighted by Crippen LogP contribution is -2.48.